The van der Waals surface area contributed by atoms with Gasteiger partial charge in [-0.1, -0.05) is 44.2 Å². The number of hydrogen-bond acceptors (Lipinski definition) is 7. The molecule has 0 saturated carbocycles. The highest BCUT2D eigenvalue weighted by atomic mass is 32.1. The Morgan fingerprint density at radius 2 is 1.84 bits per heavy atom. The van der Waals surface area contributed by atoms with Crippen molar-refractivity contribution >= 4 is 51.5 Å². The van der Waals surface area contributed by atoms with Gasteiger partial charge >= 0.3 is 0 Å². The van der Waals surface area contributed by atoms with Gasteiger partial charge in [-0.25, -0.2) is 0 Å². The smallest absolute Gasteiger partial charge is 0.273 e. The van der Waals surface area contributed by atoms with E-state index in [2.05, 4.69) is 28.5 Å². The number of nitrogens with zero attached hydrogens (tertiary/aromatic N) is 2. The van der Waals surface area contributed by atoms with Gasteiger partial charge in [-0.15, -0.1) is 0 Å². The third-order valence-electron chi connectivity index (χ3n) is 6.24. The van der Waals surface area contributed by atoms with Crippen molar-refractivity contribution in [3.8, 4) is 0 Å². The topological polar surface area (TPSA) is 156 Å². The van der Waals surface area contributed by atoms with Crippen molar-refractivity contribution in [1.82, 2.24) is 14.7 Å². The van der Waals surface area contributed by atoms with Gasteiger partial charge in [0.25, 0.3) is 11.8 Å². The molecule has 4 rings (SSSR count). The number of aromatic nitrogens is 2. The second-order valence-electron chi connectivity index (χ2n) is 9.04. The molecule has 6 N–H and O–H groups in total. The number of nitrogen functional groups attached to an aromatic ring is 1. The fourth-order valence-corrected chi connectivity index (χ4v) is 4.98. The highest BCUT2D eigenvalue weighted by Gasteiger charge is 2.37. The average molecular weight is 535 g/mol. The highest BCUT2D eigenvalue weighted by Crippen LogP contribution is 2.36. The van der Waals surface area contributed by atoms with E-state index in [1.807, 2.05) is 36.4 Å². The van der Waals surface area contributed by atoms with Crippen molar-refractivity contribution in [1.29, 1.82) is 0 Å². The van der Waals surface area contributed by atoms with Crippen LogP contribution in [-0.4, -0.2) is 47.3 Å². The van der Waals surface area contributed by atoms with Gasteiger partial charge in [-0.3, -0.25) is 19.3 Å². The number of nitrogens with two attached hydrogens (primary N) is 2. The molecule has 4 aromatic rings. The minimum Gasteiger partial charge on any atom is -0.395 e. The van der Waals surface area contributed by atoms with Gasteiger partial charge in [0, 0.05) is 42.0 Å². The van der Waals surface area contributed by atoms with Crippen molar-refractivity contribution in [3.05, 3.63) is 76.4 Å². The zero-order valence-electron chi connectivity index (χ0n) is 21.4. The Labute approximate surface area is 224 Å². The summed E-state index contributed by atoms with van der Waals surface area (Å²) in [6.07, 6.45) is 1.72. The number of carbonyl (C=O) groups excluding carboxylic acids is 3. The molecule has 10 nitrogen and oxygen atoms in total. The molecule has 2 heterocycles. The van der Waals surface area contributed by atoms with Crippen molar-refractivity contribution < 1.29 is 19.1 Å². The van der Waals surface area contributed by atoms with Gasteiger partial charge in [-0.2, -0.15) is 4.37 Å². The number of benzene rings is 2. The van der Waals surface area contributed by atoms with Crippen LogP contribution in [0.4, 0.5) is 11.4 Å². The van der Waals surface area contributed by atoms with Crippen LogP contribution >= 0.6 is 11.5 Å². The third-order valence-corrected chi connectivity index (χ3v) is 7.09. The number of anilines is 2. The average Bonchev–Trinajstić information content (AvgIpc) is 3.50. The maximum atomic E-state index is 14.2. The third kappa shape index (κ3) is 5.24. The Morgan fingerprint density at radius 1 is 1.13 bits per heavy atom. The van der Waals surface area contributed by atoms with Crippen LogP contribution in [0.5, 0.6) is 0 Å². The van der Waals surface area contributed by atoms with Gasteiger partial charge < -0.3 is 26.5 Å². The number of amides is 3. The van der Waals surface area contributed by atoms with Crippen LogP contribution in [0, 0.1) is 0 Å². The quantitative estimate of drug-likeness (QED) is 0.228. The van der Waals surface area contributed by atoms with Crippen molar-refractivity contribution in [2.24, 2.45) is 5.73 Å². The lowest BCUT2D eigenvalue weighted by Gasteiger charge is -2.31. The minimum atomic E-state index is -1.08. The maximum absolute atomic E-state index is 14.2. The summed E-state index contributed by atoms with van der Waals surface area (Å²) in [6, 6.07) is 13.9. The summed E-state index contributed by atoms with van der Waals surface area (Å²) >= 11 is 0.769. The molecule has 0 spiro atoms. The molecular weight excluding hydrogens is 504 g/mol. The fourth-order valence-electron chi connectivity index (χ4n) is 4.23. The lowest BCUT2D eigenvalue weighted by Crippen LogP contribution is -2.44. The summed E-state index contributed by atoms with van der Waals surface area (Å²) in [7, 11) is 1.54. The molecule has 11 heteroatoms. The number of methoxy groups -OCH3 is 1. The number of ether oxygens (including phenoxy) is 1. The summed E-state index contributed by atoms with van der Waals surface area (Å²) in [5.41, 5.74) is 14.2. The number of H-pyrrole nitrogens is 1. The summed E-state index contributed by atoms with van der Waals surface area (Å²) in [6.45, 7) is 4.68. The van der Waals surface area contributed by atoms with Gasteiger partial charge in [0.05, 0.1) is 12.3 Å². The number of aromatic amines is 1. The van der Waals surface area contributed by atoms with E-state index in [1.54, 1.807) is 18.3 Å². The molecule has 2 aromatic carbocycles. The zero-order valence-corrected chi connectivity index (χ0v) is 22.2. The van der Waals surface area contributed by atoms with Crippen molar-refractivity contribution in [2.45, 2.75) is 25.8 Å². The molecule has 0 aliphatic heterocycles. The lowest BCUT2D eigenvalue weighted by molar-refractivity contribution is -0.122. The van der Waals surface area contributed by atoms with Crippen LogP contribution in [0.25, 0.3) is 10.9 Å². The number of primary amides is 1. The standard InChI is InChI=1S/C27H30N6O4S/c1-15(2)16-8-10-17(11-9-16)33(27(36)24-21(28)22(25(29)34)32-38-24)23(26(35)30-12-13-37-3)19-14-31-20-7-5-4-6-18(19)20/h4-11,14-15,23,31H,12-13,28H2,1-3H3,(H2,29,34)(H,30,35)/t23-/m0/s1. The molecule has 0 aliphatic carbocycles. The Hall–Kier alpha value is -4.22. The van der Waals surface area contributed by atoms with E-state index in [0.29, 0.717) is 17.9 Å². The largest absolute Gasteiger partial charge is 0.395 e. The Balaban J connectivity index is 1.91. The second-order valence-corrected chi connectivity index (χ2v) is 9.81. The lowest BCUT2D eigenvalue weighted by atomic mass is 9.99. The number of fused-ring (bicyclic) bond motifs is 1. The monoisotopic (exact) mass is 534 g/mol. The summed E-state index contributed by atoms with van der Waals surface area (Å²) in [4.78, 5) is 44.4. The first-order chi connectivity index (χ1) is 18.2. The SMILES string of the molecule is COCCNC(=O)[C@H](c1c[nH]c2ccccc12)N(C(=O)c1snc(C(N)=O)c1N)c1ccc(C(C)C)cc1. The number of carbonyl (C=O) groups is 3. The van der Waals surface area contributed by atoms with E-state index in [9.17, 15) is 14.4 Å². The summed E-state index contributed by atoms with van der Waals surface area (Å²) in [5.74, 6) is -1.56. The van der Waals surface area contributed by atoms with Crippen LogP contribution in [0.15, 0.2) is 54.7 Å². The van der Waals surface area contributed by atoms with E-state index in [4.69, 9.17) is 16.2 Å². The van der Waals surface area contributed by atoms with Gasteiger partial charge in [-0.05, 0) is 41.2 Å². The van der Waals surface area contributed by atoms with Gasteiger partial charge in [0.1, 0.15) is 10.9 Å². The molecule has 0 bridgehead atoms. The van der Waals surface area contributed by atoms with Crippen LogP contribution in [-0.2, 0) is 9.53 Å². The highest BCUT2D eigenvalue weighted by molar-refractivity contribution is 7.09. The normalized spacial score (nSPS) is 12.0. The van der Waals surface area contributed by atoms with Gasteiger partial charge in [0.2, 0.25) is 5.91 Å². The molecular formula is C27H30N6O4S. The van der Waals surface area contributed by atoms with E-state index in [0.717, 1.165) is 28.0 Å². The number of nitrogens with one attached hydrogen (secondary N) is 2. The maximum Gasteiger partial charge on any atom is 0.273 e. The Kier molecular flexibility index (Phi) is 8.08. The Morgan fingerprint density at radius 3 is 2.47 bits per heavy atom. The first-order valence-electron chi connectivity index (χ1n) is 12.1. The molecule has 0 saturated heterocycles. The zero-order chi connectivity index (χ0) is 27.4. The number of para-hydroxylation sites is 1. The molecule has 0 radical (unpaired) electrons. The van der Waals surface area contributed by atoms with E-state index in [-0.39, 0.29) is 28.7 Å². The Bertz CT molecular complexity index is 1460. The molecule has 3 amide bonds. The van der Waals surface area contributed by atoms with Crippen LogP contribution in [0.2, 0.25) is 0 Å². The summed E-state index contributed by atoms with van der Waals surface area (Å²) < 4.78 is 9.10. The molecule has 0 aliphatic rings. The van der Waals surface area contributed by atoms with Crippen LogP contribution in [0.3, 0.4) is 0 Å². The molecule has 2 aromatic heterocycles. The van der Waals surface area contributed by atoms with E-state index >= 15 is 0 Å². The number of rotatable bonds is 10. The van der Waals surface area contributed by atoms with Crippen molar-refractivity contribution in [2.75, 3.05) is 30.9 Å². The van der Waals surface area contributed by atoms with Gasteiger partial charge in [0.15, 0.2) is 5.69 Å². The van der Waals surface area contributed by atoms with Crippen LogP contribution < -0.4 is 21.7 Å². The van der Waals surface area contributed by atoms with Crippen molar-refractivity contribution in [3.63, 3.8) is 0 Å². The molecule has 0 fully saturated rings. The second kappa shape index (κ2) is 11.4. The minimum absolute atomic E-state index is 0.0151. The molecule has 38 heavy (non-hydrogen) atoms. The van der Waals surface area contributed by atoms with E-state index < -0.39 is 23.8 Å². The fraction of sp³-hybridized carbons (Fsp3) is 0.259. The predicted molar refractivity (Wildman–Crippen MR) is 148 cm³/mol. The summed E-state index contributed by atoms with van der Waals surface area (Å²) in [5, 5.41) is 3.66. The molecule has 198 valence electrons. The predicted octanol–water partition coefficient (Wildman–Crippen LogP) is 3.58. The first kappa shape index (κ1) is 26.8. The molecule has 0 unspecified atom stereocenters. The number of hydrogen-bond donors (Lipinski definition) is 4. The van der Waals surface area contributed by atoms with Crippen LogP contribution in [0.1, 0.15) is 57.1 Å². The molecule has 1 atom stereocenters. The van der Waals surface area contributed by atoms with E-state index in [1.165, 1.54) is 12.0 Å². The first-order valence-corrected chi connectivity index (χ1v) is 12.8.